The van der Waals surface area contributed by atoms with Crippen molar-refractivity contribution in [3.8, 4) is 0 Å². The molecule has 0 aromatic carbocycles. The molecule has 1 aliphatic heterocycles. The Hall–Kier alpha value is -1.73. The predicted molar refractivity (Wildman–Crippen MR) is 90.4 cm³/mol. The number of hydrogen-bond donors (Lipinski definition) is 0. The molecule has 1 saturated heterocycles. The van der Waals surface area contributed by atoms with E-state index in [0.717, 1.165) is 54.8 Å². The van der Waals surface area contributed by atoms with Crippen molar-refractivity contribution in [1.29, 1.82) is 0 Å². The van der Waals surface area contributed by atoms with Crippen molar-refractivity contribution in [2.24, 2.45) is 0 Å². The van der Waals surface area contributed by atoms with Crippen LogP contribution >= 0.6 is 11.3 Å². The first-order chi connectivity index (χ1) is 11.0. The maximum Gasteiger partial charge on any atom is 0.244 e. The molecule has 1 fully saturated rings. The van der Waals surface area contributed by atoms with Gasteiger partial charge in [0.05, 0.1) is 16.4 Å². The average molecular weight is 333 g/mol. The fourth-order valence-corrected chi connectivity index (χ4v) is 3.53. The van der Waals surface area contributed by atoms with E-state index < -0.39 is 0 Å². The quantitative estimate of drug-likeness (QED) is 0.853. The van der Waals surface area contributed by atoms with Crippen LogP contribution in [0.25, 0.3) is 0 Å². The molecule has 1 aliphatic rings. The van der Waals surface area contributed by atoms with Crippen molar-refractivity contribution in [3.05, 3.63) is 33.5 Å². The van der Waals surface area contributed by atoms with Gasteiger partial charge >= 0.3 is 0 Å². The van der Waals surface area contributed by atoms with E-state index >= 15 is 0 Å². The molecule has 0 bridgehead atoms. The lowest BCUT2D eigenvalue weighted by atomic mass is 10.3. The van der Waals surface area contributed by atoms with Crippen molar-refractivity contribution in [1.82, 2.24) is 24.6 Å². The van der Waals surface area contributed by atoms with E-state index in [0.29, 0.717) is 6.54 Å². The molecular weight excluding hydrogens is 310 g/mol. The summed E-state index contributed by atoms with van der Waals surface area (Å²) in [5, 5.41) is 7.60. The summed E-state index contributed by atoms with van der Waals surface area (Å²) in [5.41, 5.74) is 3.13. The molecular formula is C16H23N5OS. The molecule has 0 spiro atoms. The van der Waals surface area contributed by atoms with Crippen LogP contribution in [0.15, 0.2) is 11.4 Å². The molecule has 2 aromatic heterocycles. The van der Waals surface area contributed by atoms with Gasteiger partial charge in [-0.25, -0.2) is 4.98 Å². The van der Waals surface area contributed by atoms with Crippen molar-refractivity contribution < 1.29 is 4.79 Å². The second-order valence-corrected chi connectivity index (χ2v) is 7.16. The van der Waals surface area contributed by atoms with Gasteiger partial charge < -0.3 is 4.90 Å². The lowest BCUT2D eigenvalue weighted by Gasteiger charge is -2.34. The Morgan fingerprint density at radius 1 is 1.22 bits per heavy atom. The molecule has 23 heavy (non-hydrogen) atoms. The highest BCUT2D eigenvalue weighted by Gasteiger charge is 2.22. The van der Waals surface area contributed by atoms with Gasteiger partial charge in [-0.15, -0.1) is 11.3 Å². The number of amides is 1. The molecule has 3 rings (SSSR count). The summed E-state index contributed by atoms with van der Waals surface area (Å²) < 4.78 is 1.79. The molecule has 0 aliphatic carbocycles. The summed E-state index contributed by atoms with van der Waals surface area (Å²) in [6, 6.07) is 2.00. The fourth-order valence-electron chi connectivity index (χ4n) is 2.93. The van der Waals surface area contributed by atoms with Gasteiger partial charge in [-0.3, -0.25) is 14.4 Å². The highest BCUT2D eigenvalue weighted by molar-refractivity contribution is 7.09. The maximum absolute atomic E-state index is 12.4. The molecule has 0 unspecified atom stereocenters. The number of carbonyl (C=O) groups is 1. The lowest BCUT2D eigenvalue weighted by Crippen LogP contribution is -2.49. The fraction of sp³-hybridized carbons (Fsp3) is 0.562. The van der Waals surface area contributed by atoms with Crippen LogP contribution < -0.4 is 0 Å². The first-order valence-corrected chi connectivity index (χ1v) is 8.81. The van der Waals surface area contributed by atoms with E-state index in [9.17, 15) is 4.79 Å². The molecule has 6 nitrogen and oxygen atoms in total. The molecule has 3 heterocycles. The number of carbonyl (C=O) groups excluding carboxylic acids is 1. The first kappa shape index (κ1) is 16.1. The zero-order valence-corrected chi connectivity index (χ0v) is 14.8. The number of thiazole rings is 1. The molecule has 2 aromatic rings. The van der Waals surface area contributed by atoms with Gasteiger partial charge in [-0.2, -0.15) is 5.10 Å². The number of nitrogens with zero attached hydrogens (tertiary/aromatic N) is 5. The standard InChI is InChI=1S/C16H23N5OS/c1-12-8-13(2)21(18-12)10-16(22)20-6-4-19(5-7-20)9-15-11-23-14(3)17-15/h8,11H,4-7,9-10H2,1-3H3. The third kappa shape index (κ3) is 3.97. The Morgan fingerprint density at radius 3 is 2.52 bits per heavy atom. The second kappa shape index (κ2) is 6.80. The van der Waals surface area contributed by atoms with Gasteiger partial charge in [0.25, 0.3) is 0 Å². The summed E-state index contributed by atoms with van der Waals surface area (Å²) in [6.45, 7) is 10.5. The minimum atomic E-state index is 0.153. The van der Waals surface area contributed by atoms with E-state index in [1.54, 1.807) is 16.0 Å². The maximum atomic E-state index is 12.4. The number of piperazine rings is 1. The van der Waals surface area contributed by atoms with Crippen LogP contribution in [0.1, 0.15) is 22.1 Å². The molecule has 124 valence electrons. The van der Waals surface area contributed by atoms with Gasteiger partial charge in [0.15, 0.2) is 0 Å². The lowest BCUT2D eigenvalue weighted by molar-refractivity contribution is -0.133. The third-order valence-corrected chi connectivity index (χ3v) is 4.99. The van der Waals surface area contributed by atoms with E-state index in [1.807, 2.05) is 31.7 Å². The molecule has 0 saturated carbocycles. The third-order valence-electron chi connectivity index (χ3n) is 4.17. The summed E-state index contributed by atoms with van der Waals surface area (Å²) >= 11 is 1.69. The van der Waals surface area contributed by atoms with E-state index in [4.69, 9.17) is 0 Å². The monoisotopic (exact) mass is 333 g/mol. The summed E-state index contributed by atoms with van der Waals surface area (Å²) in [4.78, 5) is 21.3. The molecule has 0 atom stereocenters. The molecule has 0 radical (unpaired) electrons. The van der Waals surface area contributed by atoms with E-state index in [2.05, 4.69) is 20.4 Å². The Bertz CT molecular complexity index is 684. The van der Waals surface area contributed by atoms with Gasteiger partial charge in [0, 0.05) is 43.8 Å². The zero-order chi connectivity index (χ0) is 16.4. The predicted octanol–water partition coefficient (Wildman–Crippen LogP) is 1.61. The molecule has 0 N–H and O–H groups in total. The van der Waals surface area contributed by atoms with Gasteiger partial charge in [0.2, 0.25) is 5.91 Å². The Morgan fingerprint density at radius 2 is 1.96 bits per heavy atom. The van der Waals surface area contributed by atoms with Crippen LogP contribution in [0, 0.1) is 20.8 Å². The summed E-state index contributed by atoms with van der Waals surface area (Å²) in [7, 11) is 0. The minimum absolute atomic E-state index is 0.153. The van der Waals surface area contributed by atoms with Crippen molar-refractivity contribution in [3.63, 3.8) is 0 Å². The van der Waals surface area contributed by atoms with Gasteiger partial charge in [-0.05, 0) is 26.8 Å². The average Bonchev–Trinajstić information content (AvgIpc) is 3.05. The second-order valence-electron chi connectivity index (χ2n) is 6.10. The highest BCUT2D eigenvalue weighted by Crippen LogP contribution is 2.12. The summed E-state index contributed by atoms with van der Waals surface area (Å²) in [6.07, 6.45) is 0. The van der Waals surface area contributed by atoms with Crippen molar-refractivity contribution in [2.45, 2.75) is 33.9 Å². The SMILES string of the molecule is Cc1cc(C)n(CC(=O)N2CCN(Cc3csc(C)n3)CC2)n1. The number of hydrogen-bond acceptors (Lipinski definition) is 5. The highest BCUT2D eigenvalue weighted by atomic mass is 32.1. The Labute approximate surface area is 140 Å². The number of rotatable bonds is 4. The Balaban J connectivity index is 1.50. The van der Waals surface area contributed by atoms with Crippen molar-refractivity contribution >= 4 is 17.2 Å². The smallest absolute Gasteiger partial charge is 0.244 e. The van der Waals surface area contributed by atoms with Crippen LogP contribution in [0.2, 0.25) is 0 Å². The normalized spacial score (nSPS) is 16.0. The van der Waals surface area contributed by atoms with Crippen LogP contribution in [0.5, 0.6) is 0 Å². The van der Waals surface area contributed by atoms with Crippen molar-refractivity contribution in [2.75, 3.05) is 26.2 Å². The Kier molecular flexibility index (Phi) is 4.77. The molecule has 7 heteroatoms. The first-order valence-electron chi connectivity index (χ1n) is 7.93. The zero-order valence-electron chi connectivity index (χ0n) is 13.9. The van der Waals surface area contributed by atoms with E-state index in [-0.39, 0.29) is 5.91 Å². The minimum Gasteiger partial charge on any atom is -0.339 e. The van der Waals surface area contributed by atoms with Crippen LogP contribution in [-0.4, -0.2) is 56.7 Å². The van der Waals surface area contributed by atoms with E-state index in [1.165, 1.54) is 0 Å². The number of aromatic nitrogens is 3. The van der Waals surface area contributed by atoms with Crippen LogP contribution in [-0.2, 0) is 17.9 Å². The summed E-state index contributed by atoms with van der Waals surface area (Å²) in [5.74, 6) is 0.153. The van der Waals surface area contributed by atoms with Gasteiger partial charge in [0.1, 0.15) is 6.54 Å². The topological polar surface area (TPSA) is 54.3 Å². The molecule has 1 amide bonds. The largest absolute Gasteiger partial charge is 0.339 e. The van der Waals surface area contributed by atoms with Crippen LogP contribution in [0.3, 0.4) is 0 Å². The van der Waals surface area contributed by atoms with Crippen LogP contribution in [0.4, 0.5) is 0 Å². The van der Waals surface area contributed by atoms with Gasteiger partial charge in [-0.1, -0.05) is 0 Å². The number of aryl methyl sites for hydroxylation is 3.